The highest BCUT2D eigenvalue weighted by atomic mass is 35.5. The number of hydrogen-bond donors (Lipinski definition) is 2. The van der Waals surface area contributed by atoms with Gasteiger partial charge in [-0.05, 0) is 55.0 Å². The molecule has 0 aliphatic carbocycles. The van der Waals surface area contributed by atoms with Crippen LogP contribution in [0.2, 0.25) is 5.02 Å². The molecule has 0 atom stereocenters. The van der Waals surface area contributed by atoms with Gasteiger partial charge in [0.25, 0.3) is 0 Å². The minimum atomic E-state index is -0.0741. The van der Waals surface area contributed by atoms with Crippen molar-refractivity contribution in [2.45, 2.75) is 37.5 Å². The van der Waals surface area contributed by atoms with Gasteiger partial charge in [-0.1, -0.05) is 41.9 Å². The number of carbonyl (C=O) groups excluding carboxylic acids is 1. The largest absolute Gasteiger partial charge is 0.381 e. The van der Waals surface area contributed by atoms with Crippen molar-refractivity contribution in [2.24, 2.45) is 0 Å². The first-order chi connectivity index (χ1) is 14.2. The lowest BCUT2D eigenvalue weighted by Crippen LogP contribution is -2.44. The summed E-state index contributed by atoms with van der Waals surface area (Å²) in [5.74, 6) is 0.115. The summed E-state index contributed by atoms with van der Waals surface area (Å²) in [5, 5.41) is 5.17. The van der Waals surface area contributed by atoms with Crippen molar-refractivity contribution < 1.29 is 9.53 Å². The molecule has 1 aliphatic heterocycles. The van der Waals surface area contributed by atoms with E-state index in [9.17, 15) is 4.79 Å². The molecule has 0 saturated carbocycles. The molecule has 1 fully saturated rings. The van der Waals surface area contributed by atoms with E-state index in [0.29, 0.717) is 13.0 Å². The lowest BCUT2D eigenvalue weighted by atomic mass is 9.74. The normalized spacial score (nSPS) is 16.0. The smallest absolute Gasteiger partial charge is 0.220 e. The fourth-order valence-electron chi connectivity index (χ4n) is 4.27. The van der Waals surface area contributed by atoms with Gasteiger partial charge in [-0.25, -0.2) is 0 Å². The Hall–Kier alpha value is -2.30. The number of amides is 1. The number of para-hydroxylation sites is 1. The summed E-state index contributed by atoms with van der Waals surface area (Å²) < 4.78 is 5.58. The van der Waals surface area contributed by atoms with Gasteiger partial charge in [0.15, 0.2) is 0 Å². The number of benzene rings is 2. The van der Waals surface area contributed by atoms with Crippen molar-refractivity contribution >= 4 is 28.4 Å². The zero-order chi connectivity index (χ0) is 20.1. The van der Waals surface area contributed by atoms with E-state index in [4.69, 9.17) is 16.3 Å². The highest BCUT2D eigenvalue weighted by molar-refractivity contribution is 6.30. The first-order valence-corrected chi connectivity index (χ1v) is 10.7. The Labute approximate surface area is 176 Å². The number of halogens is 1. The number of H-pyrrole nitrogens is 1. The molecule has 1 aromatic heterocycles. The zero-order valence-electron chi connectivity index (χ0n) is 16.5. The number of nitrogens with one attached hydrogen (secondary N) is 2. The quantitative estimate of drug-likeness (QED) is 0.575. The molecule has 3 aromatic rings. The topological polar surface area (TPSA) is 54.1 Å². The second kappa shape index (κ2) is 9.02. The predicted molar refractivity (Wildman–Crippen MR) is 117 cm³/mol. The van der Waals surface area contributed by atoms with E-state index in [1.807, 2.05) is 18.2 Å². The minimum absolute atomic E-state index is 0.0741. The maximum Gasteiger partial charge on any atom is 0.220 e. The Morgan fingerprint density at radius 2 is 1.86 bits per heavy atom. The number of rotatable bonds is 7. The summed E-state index contributed by atoms with van der Waals surface area (Å²) >= 11 is 6.06. The Morgan fingerprint density at radius 1 is 1.10 bits per heavy atom. The number of aromatic amines is 1. The first kappa shape index (κ1) is 20.0. The maximum atomic E-state index is 12.5. The lowest BCUT2D eigenvalue weighted by Gasteiger charge is -2.38. The molecule has 1 amide bonds. The molecule has 0 bridgehead atoms. The number of carbonyl (C=O) groups is 1. The average Bonchev–Trinajstić information content (AvgIpc) is 3.17. The number of aromatic nitrogens is 1. The van der Waals surface area contributed by atoms with Crippen molar-refractivity contribution in [3.63, 3.8) is 0 Å². The van der Waals surface area contributed by atoms with E-state index in [-0.39, 0.29) is 11.3 Å². The van der Waals surface area contributed by atoms with Crippen LogP contribution in [0.1, 0.15) is 36.8 Å². The van der Waals surface area contributed by atoms with Crippen LogP contribution in [0, 0.1) is 0 Å². The SMILES string of the molecule is O=C(CCCc1c[nH]c2ccccc12)NCC1(c2ccc(Cl)cc2)CCOCC1. The van der Waals surface area contributed by atoms with E-state index in [2.05, 4.69) is 46.8 Å². The van der Waals surface area contributed by atoms with Gasteiger partial charge >= 0.3 is 0 Å². The number of fused-ring (bicyclic) bond motifs is 1. The summed E-state index contributed by atoms with van der Waals surface area (Å²) in [6.07, 6.45) is 6.14. The predicted octanol–water partition coefficient (Wildman–Crippen LogP) is 5.01. The van der Waals surface area contributed by atoms with Crippen molar-refractivity contribution in [3.05, 3.63) is 70.9 Å². The van der Waals surface area contributed by atoms with E-state index in [1.165, 1.54) is 16.5 Å². The van der Waals surface area contributed by atoms with Gasteiger partial charge in [0, 0.05) is 53.7 Å². The third-order valence-corrected chi connectivity index (χ3v) is 6.31. The van der Waals surface area contributed by atoms with Crippen molar-refractivity contribution in [2.75, 3.05) is 19.8 Å². The fraction of sp³-hybridized carbons (Fsp3) is 0.375. The molecule has 29 heavy (non-hydrogen) atoms. The highest BCUT2D eigenvalue weighted by Crippen LogP contribution is 2.35. The van der Waals surface area contributed by atoms with Crippen LogP contribution < -0.4 is 5.32 Å². The molecule has 5 heteroatoms. The van der Waals surface area contributed by atoms with E-state index in [1.54, 1.807) is 0 Å². The van der Waals surface area contributed by atoms with E-state index in [0.717, 1.165) is 49.4 Å². The molecular weight excluding hydrogens is 384 g/mol. The lowest BCUT2D eigenvalue weighted by molar-refractivity contribution is -0.121. The molecule has 2 aromatic carbocycles. The fourth-order valence-corrected chi connectivity index (χ4v) is 4.39. The molecule has 1 aliphatic rings. The van der Waals surface area contributed by atoms with Crippen LogP contribution in [-0.4, -0.2) is 30.6 Å². The minimum Gasteiger partial charge on any atom is -0.381 e. The Bertz CT molecular complexity index is 958. The molecule has 2 N–H and O–H groups in total. The van der Waals surface area contributed by atoms with Crippen LogP contribution >= 0.6 is 11.6 Å². The summed E-state index contributed by atoms with van der Waals surface area (Å²) in [7, 11) is 0. The molecule has 0 radical (unpaired) electrons. The first-order valence-electron chi connectivity index (χ1n) is 10.3. The summed E-state index contributed by atoms with van der Waals surface area (Å²) in [6.45, 7) is 2.09. The second-order valence-electron chi connectivity index (χ2n) is 7.89. The zero-order valence-corrected chi connectivity index (χ0v) is 17.3. The standard InChI is InChI=1S/C24H27ClN2O2/c25-20-10-8-19(9-11-20)24(12-14-29-15-13-24)17-27-23(28)7-3-4-18-16-26-22-6-2-1-5-21(18)22/h1-2,5-6,8-11,16,26H,3-4,7,12-15,17H2,(H,27,28). The molecule has 4 rings (SSSR count). The van der Waals surface area contributed by atoms with E-state index >= 15 is 0 Å². The van der Waals surface area contributed by atoms with Gasteiger partial charge in [-0.3, -0.25) is 4.79 Å². The number of aryl methyl sites for hydroxylation is 1. The van der Waals surface area contributed by atoms with Gasteiger partial charge in [0.2, 0.25) is 5.91 Å². The third kappa shape index (κ3) is 4.65. The summed E-state index contributed by atoms with van der Waals surface area (Å²) in [6, 6.07) is 16.3. The molecule has 1 saturated heterocycles. The van der Waals surface area contributed by atoms with Crippen LogP contribution in [0.5, 0.6) is 0 Å². The molecular formula is C24H27ClN2O2. The molecule has 0 spiro atoms. The molecule has 4 nitrogen and oxygen atoms in total. The van der Waals surface area contributed by atoms with Gasteiger partial charge in [0.05, 0.1) is 0 Å². The van der Waals surface area contributed by atoms with Gasteiger partial charge in [0.1, 0.15) is 0 Å². The molecule has 2 heterocycles. The summed E-state index contributed by atoms with van der Waals surface area (Å²) in [4.78, 5) is 15.8. The van der Waals surface area contributed by atoms with Crippen LogP contribution in [-0.2, 0) is 21.4 Å². The monoisotopic (exact) mass is 410 g/mol. The molecule has 0 unspecified atom stereocenters. The van der Waals surface area contributed by atoms with Crippen LogP contribution in [0.15, 0.2) is 54.7 Å². The average molecular weight is 411 g/mol. The van der Waals surface area contributed by atoms with Gasteiger partial charge in [-0.2, -0.15) is 0 Å². The van der Waals surface area contributed by atoms with Crippen molar-refractivity contribution in [1.82, 2.24) is 10.3 Å². The van der Waals surface area contributed by atoms with Gasteiger partial charge < -0.3 is 15.0 Å². The number of ether oxygens (including phenoxy) is 1. The Morgan fingerprint density at radius 3 is 2.66 bits per heavy atom. The molecule has 152 valence electrons. The number of hydrogen-bond acceptors (Lipinski definition) is 2. The second-order valence-corrected chi connectivity index (χ2v) is 8.33. The highest BCUT2D eigenvalue weighted by Gasteiger charge is 2.34. The van der Waals surface area contributed by atoms with Crippen molar-refractivity contribution in [1.29, 1.82) is 0 Å². The van der Waals surface area contributed by atoms with E-state index < -0.39 is 0 Å². The maximum absolute atomic E-state index is 12.5. The Kier molecular flexibility index (Phi) is 6.22. The summed E-state index contributed by atoms with van der Waals surface area (Å²) in [5.41, 5.74) is 3.58. The van der Waals surface area contributed by atoms with Gasteiger partial charge in [-0.15, -0.1) is 0 Å². The Balaban J connectivity index is 1.33. The third-order valence-electron chi connectivity index (χ3n) is 6.06. The van der Waals surface area contributed by atoms with Crippen LogP contribution in [0.4, 0.5) is 0 Å². The van der Waals surface area contributed by atoms with Crippen molar-refractivity contribution in [3.8, 4) is 0 Å². The van der Waals surface area contributed by atoms with Crippen LogP contribution in [0.25, 0.3) is 10.9 Å². The van der Waals surface area contributed by atoms with Crippen LogP contribution in [0.3, 0.4) is 0 Å².